The van der Waals surface area contributed by atoms with Crippen molar-refractivity contribution < 1.29 is 13.2 Å². The topological polar surface area (TPSA) is 75.3 Å². The lowest BCUT2D eigenvalue weighted by Crippen LogP contribution is -2.32. The lowest BCUT2D eigenvalue weighted by atomic mass is 9.96. The maximum atomic E-state index is 12.5. The van der Waals surface area contributed by atoms with Crippen LogP contribution in [0.3, 0.4) is 0 Å². The molecule has 1 aliphatic carbocycles. The van der Waals surface area contributed by atoms with E-state index in [9.17, 15) is 13.2 Å². The van der Waals surface area contributed by atoms with Crippen LogP contribution in [0.25, 0.3) is 0 Å². The number of anilines is 1. The van der Waals surface area contributed by atoms with Crippen LogP contribution in [0.4, 0.5) is 5.69 Å². The summed E-state index contributed by atoms with van der Waals surface area (Å²) in [5.41, 5.74) is 2.93. The third-order valence-electron chi connectivity index (χ3n) is 4.62. The summed E-state index contributed by atoms with van der Waals surface area (Å²) in [6.45, 7) is 2.38. The second-order valence-corrected chi connectivity index (χ2v) is 8.48. The van der Waals surface area contributed by atoms with E-state index < -0.39 is 10.0 Å². The summed E-state index contributed by atoms with van der Waals surface area (Å²) in [4.78, 5) is 12.5. The second-order valence-electron chi connectivity index (χ2n) is 6.73. The Balaban J connectivity index is 1.71. The number of benzene rings is 2. The number of hydrogen-bond donors (Lipinski definition) is 2. The van der Waals surface area contributed by atoms with Crippen molar-refractivity contribution in [3.8, 4) is 0 Å². The van der Waals surface area contributed by atoms with Gasteiger partial charge in [0.05, 0.1) is 11.9 Å². The van der Waals surface area contributed by atoms with Gasteiger partial charge in [0.2, 0.25) is 10.0 Å². The molecule has 0 heterocycles. The molecule has 0 atom stereocenters. The normalized spacial score (nSPS) is 15.4. The minimum absolute atomic E-state index is 0.0372. The minimum atomic E-state index is -3.39. The van der Waals surface area contributed by atoms with E-state index in [4.69, 9.17) is 0 Å². The van der Waals surface area contributed by atoms with E-state index in [0.717, 1.165) is 24.7 Å². The predicted octanol–water partition coefficient (Wildman–Crippen LogP) is 2.83. The molecule has 0 bridgehead atoms. The van der Waals surface area contributed by atoms with Crippen LogP contribution in [-0.2, 0) is 15.4 Å². The third-order valence-corrected chi connectivity index (χ3v) is 5.21. The van der Waals surface area contributed by atoms with E-state index in [1.165, 1.54) is 5.56 Å². The minimum Gasteiger partial charge on any atom is -0.351 e. The van der Waals surface area contributed by atoms with E-state index in [1.807, 2.05) is 18.2 Å². The van der Waals surface area contributed by atoms with Gasteiger partial charge in [0.25, 0.3) is 5.91 Å². The largest absolute Gasteiger partial charge is 0.351 e. The molecule has 2 N–H and O–H groups in total. The lowest BCUT2D eigenvalue weighted by Gasteiger charge is -2.17. The van der Waals surface area contributed by atoms with Gasteiger partial charge in [-0.1, -0.05) is 36.4 Å². The molecule has 1 aliphatic rings. The number of carbonyl (C=O) groups is 1. The number of sulfonamides is 1. The highest BCUT2D eigenvalue weighted by molar-refractivity contribution is 7.92. The van der Waals surface area contributed by atoms with Crippen LogP contribution in [0.15, 0.2) is 48.5 Å². The van der Waals surface area contributed by atoms with Crippen LogP contribution in [0.5, 0.6) is 0 Å². The monoisotopic (exact) mass is 358 g/mol. The van der Waals surface area contributed by atoms with Crippen LogP contribution >= 0.6 is 0 Å². The van der Waals surface area contributed by atoms with Crippen molar-refractivity contribution in [2.75, 3.05) is 17.5 Å². The highest BCUT2D eigenvalue weighted by Crippen LogP contribution is 2.47. The fraction of sp³-hybridized carbons (Fsp3) is 0.316. The molecule has 1 fully saturated rings. The first kappa shape index (κ1) is 17.5. The number of rotatable bonds is 6. The Kier molecular flexibility index (Phi) is 4.56. The molecule has 1 saturated carbocycles. The zero-order valence-corrected chi connectivity index (χ0v) is 15.2. The highest BCUT2D eigenvalue weighted by atomic mass is 32.2. The van der Waals surface area contributed by atoms with Crippen molar-refractivity contribution in [2.45, 2.75) is 25.2 Å². The maximum Gasteiger partial charge on any atom is 0.251 e. The van der Waals surface area contributed by atoms with E-state index in [2.05, 4.69) is 22.2 Å². The van der Waals surface area contributed by atoms with Crippen molar-refractivity contribution in [3.05, 3.63) is 65.2 Å². The standard InChI is InChI=1S/C19H22N2O3S/c1-14-8-9-15(12-17(14)21-25(2,23)24)18(22)20-13-19(10-11-19)16-6-4-3-5-7-16/h3-9,12,21H,10-11,13H2,1-2H3,(H,20,22). The van der Waals surface area contributed by atoms with E-state index in [1.54, 1.807) is 25.1 Å². The van der Waals surface area contributed by atoms with E-state index in [0.29, 0.717) is 17.8 Å². The molecule has 132 valence electrons. The van der Waals surface area contributed by atoms with Gasteiger partial charge in [0.15, 0.2) is 0 Å². The number of nitrogens with one attached hydrogen (secondary N) is 2. The van der Waals surface area contributed by atoms with Crippen LogP contribution in [0, 0.1) is 6.92 Å². The Morgan fingerprint density at radius 2 is 1.80 bits per heavy atom. The molecule has 0 aliphatic heterocycles. The van der Waals surface area contributed by atoms with E-state index >= 15 is 0 Å². The average Bonchev–Trinajstić information content (AvgIpc) is 3.35. The Morgan fingerprint density at radius 3 is 2.40 bits per heavy atom. The summed E-state index contributed by atoms with van der Waals surface area (Å²) in [5.74, 6) is -0.196. The number of amides is 1. The molecule has 0 spiro atoms. The quantitative estimate of drug-likeness (QED) is 0.834. The second kappa shape index (κ2) is 6.52. The Hall–Kier alpha value is -2.34. The van der Waals surface area contributed by atoms with Crippen LogP contribution in [-0.4, -0.2) is 27.1 Å². The first-order valence-corrected chi connectivity index (χ1v) is 10.1. The van der Waals surface area contributed by atoms with Gasteiger partial charge in [0.1, 0.15) is 0 Å². The summed E-state index contributed by atoms with van der Waals surface area (Å²) < 4.78 is 25.3. The number of carbonyl (C=O) groups excluding carboxylic acids is 1. The Morgan fingerprint density at radius 1 is 1.12 bits per heavy atom. The fourth-order valence-electron chi connectivity index (χ4n) is 2.93. The Labute approximate surface area is 148 Å². The smallest absolute Gasteiger partial charge is 0.251 e. The van der Waals surface area contributed by atoms with Crippen LogP contribution in [0.1, 0.15) is 34.3 Å². The first-order chi connectivity index (χ1) is 11.8. The summed E-state index contributed by atoms with van der Waals surface area (Å²) >= 11 is 0. The van der Waals surface area contributed by atoms with Gasteiger partial charge in [-0.2, -0.15) is 0 Å². The van der Waals surface area contributed by atoms with Gasteiger partial charge in [-0.25, -0.2) is 8.42 Å². The third kappa shape index (κ3) is 4.20. The van der Waals surface area contributed by atoms with Crippen molar-refractivity contribution in [3.63, 3.8) is 0 Å². The lowest BCUT2D eigenvalue weighted by molar-refractivity contribution is 0.0949. The molecule has 5 nitrogen and oxygen atoms in total. The molecule has 6 heteroatoms. The zero-order valence-electron chi connectivity index (χ0n) is 14.4. The summed E-state index contributed by atoms with van der Waals surface area (Å²) in [7, 11) is -3.39. The maximum absolute atomic E-state index is 12.5. The van der Waals surface area contributed by atoms with Crippen LogP contribution < -0.4 is 10.0 Å². The predicted molar refractivity (Wildman–Crippen MR) is 99.3 cm³/mol. The molecular formula is C19H22N2O3S. The summed E-state index contributed by atoms with van der Waals surface area (Å²) in [6.07, 6.45) is 3.22. The number of aryl methyl sites for hydroxylation is 1. The molecule has 0 unspecified atom stereocenters. The van der Waals surface area contributed by atoms with Crippen molar-refractivity contribution in [1.29, 1.82) is 0 Å². The highest BCUT2D eigenvalue weighted by Gasteiger charge is 2.44. The molecule has 1 amide bonds. The molecule has 0 radical (unpaired) electrons. The summed E-state index contributed by atoms with van der Waals surface area (Å²) in [5, 5.41) is 2.99. The van der Waals surface area contributed by atoms with Gasteiger partial charge >= 0.3 is 0 Å². The van der Waals surface area contributed by atoms with E-state index in [-0.39, 0.29) is 11.3 Å². The Bertz CT molecular complexity index is 888. The molecule has 2 aromatic carbocycles. The van der Waals surface area contributed by atoms with Gasteiger partial charge in [-0.05, 0) is 43.0 Å². The molecular weight excluding hydrogens is 336 g/mol. The van der Waals surface area contributed by atoms with Crippen molar-refractivity contribution >= 4 is 21.6 Å². The van der Waals surface area contributed by atoms with Crippen molar-refractivity contribution in [2.24, 2.45) is 0 Å². The molecule has 2 aromatic rings. The van der Waals surface area contributed by atoms with Crippen LogP contribution in [0.2, 0.25) is 0 Å². The molecule has 3 rings (SSSR count). The van der Waals surface area contributed by atoms with Gasteiger partial charge in [-0.3, -0.25) is 9.52 Å². The number of hydrogen-bond acceptors (Lipinski definition) is 3. The SMILES string of the molecule is Cc1ccc(C(=O)NCC2(c3ccccc3)CC2)cc1NS(C)(=O)=O. The molecule has 25 heavy (non-hydrogen) atoms. The summed E-state index contributed by atoms with van der Waals surface area (Å²) in [6, 6.07) is 15.2. The fourth-order valence-corrected chi connectivity index (χ4v) is 3.55. The average molecular weight is 358 g/mol. The van der Waals surface area contributed by atoms with Gasteiger partial charge in [-0.15, -0.1) is 0 Å². The molecule has 0 aromatic heterocycles. The van der Waals surface area contributed by atoms with Gasteiger partial charge in [0, 0.05) is 17.5 Å². The van der Waals surface area contributed by atoms with Gasteiger partial charge < -0.3 is 5.32 Å². The zero-order chi connectivity index (χ0) is 18.1. The first-order valence-electron chi connectivity index (χ1n) is 8.21. The molecule has 0 saturated heterocycles. The van der Waals surface area contributed by atoms with Crippen molar-refractivity contribution in [1.82, 2.24) is 5.32 Å².